The minimum atomic E-state index is -0.321. The SMILES string of the molecule is Cc1noc([C@H]2C[C@@H](O)CN2CCc2cncs2)n1. The molecule has 3 rings (SSSR count). The number of rotatable bonds is 4. The topological polar surface area (TPSA) is 75.3 Å². The molecule has 0 saturated carbocycles. The molecule has 3 heterocycles. The van der Waals surface area contributed by atoms with E-state index in [-0.39, 0.29) is 12.1 Å². The van der Waals surface area contributed by atoms with Crippen molar-refractivity contribution in [3.8, 4) is 0 Å². The van der Waals surface area contributed by atoms with Gasteiger partial charge in [-0.1, -0.05) is 5.16 Å². The molecule has 2 aromatic rings. The first kappa shape index (κ1) is 12.7. The number of aromatic nitrogens is 3. The van der Waals surface area contributed by atoms with Crippen molar-refractivity contribution in [2.75, 3.05) is 13.1 Å². The molecule has 102 valence electrons. The summed E-state index contributed by atoms with van der Waals surface area (Å²) >= 11 is 1.66. The van der Waals surface area contributed by atoms with Crippen LogP contribution in [0.4, 0.5) is 0 Å². The van der Waals surface area contributed by atoms with Gasteiger partial charge in [-0.05, 0) is 19.8 Å². The van der Waals surface area contributed by atoms with Gasteiger partial charge in [-0.2, -0.15) is 4.98 Å². The highest BCUT2D eigenvalue weighted by Crippen LogP contribution is 2.31. The Labute approximate surface area is 115 Å². The van der Waals surface area contributed by atoms with Crippen LogP contribution in [0.2, 0.25) is 0 Å². The van der Waals surface area contributed by atoms with Crippen LogP contribution in [0.5, 0.6) is 0 Å². The van der Waals surface area contributed by atoms with Gasteiger partial charge in [0.1, 0.15) is 0 Å². The number of aliphatic hydroxyl groups is 1. The van der Waals surface area contributed by atoms with Crippen molar-refractivity contribution in [1.82, 2.24) is 20.0 Å². The molecule has 1 N–H and O–H groups in total. The lowest BCUT2D eigenvalue weighted by Crippen LogP contribution is -2.27. The van der Waals surface area contributed by atoms with Gasteiger partial charge in [0.2, 0.25) is 5.89 Å². The van der Waals surface area contributed by atoms with Crippen LogP contribution in [0.15, 0.2) is 16.2 Å². The average molecular weight is 280 g/mol. The van der Waals surface area contributed by atoms with Crippen LogP contribution in [0.3, 0.4) is 0 Å². The second-order valence-electron chi connectivity index (χ2n) is 4.80. The Hall–Kier alpha value is -1.31. The van der Waals surface area contributed by atoms with Crippen molar-refractivity contribution in [3.63, 3.8) is 0 Å². The Kier molecular flexibility index (Phi) is 3.58. The summed E-state index contributed by atoms with van der Waals surface area (Å²) in [5.74, 6) is 1.25. The molecule has 1 saturated heterocycles. The van der Waals surface area contributed by atoms with Crippen molar-refractivity contribution in [2.24, 2.45) is 0 Å². The number of nitrogens with zero attached hydrogens (tertiary/aromatic N) is 4. The van der Waals surface area contributed by atoms with Gasteiger partial charge < -0.3 is 9.63 Å². The number of hydrogen-bond acceptors (Lipinski definition) is 7. The summed E-state index contributed by atoms with van der Waals surface area (Å²) in [6.07, 6.45) is 3.16. The maximum atomic E-state index is 9.85. The average Bonchev–Trinajstić information content (AvgIpc) is 3.07. The third-order valence-electron chi connectivity index (χ3n) is 3.34. The number of likely N-dealkylation sites (tertiary alicyclic amines) is 1. The number of thiazole rings is 1. The fourth-order valence-electron chi connectivity index (χ4n) is 2.45. The van der Waals surface area contributed by atoms with Crippen LogP contribution in [-0.4, -0.2) is 44.3 Å². The van der Waals surface area contributed by atoms with Gasteiger partial charge in [-0.3, -0.25) is 9.88 Å². The number of aliphatic hydroxyl groups excluding tert-OH is 1. The zero-order valence-electron chi connectivity index (χ0n) is 10.7. The van der Waals surface area contributed by atoms with Crippen molar-refractivity contribution in [3.05, 3.63) is 28.3 Å². The predicted molar refractivity (Wildman–Crippen MR) is 69.8 cm³/mol. The summed E-state index contributed by atoms with van der Waals surface area (Å²) in [6.45, 7) is 3.33. The molecular formula is C12H16N4O2S. The maximum absolute atomic E-state index is 9.85. The molecule has 19 heavy (non-hydrogen) atoms. The molecule has 1 fully saturated rings. The third kappa shape index (κ3) is 2.83. The first-order valence-corrected chi connectivity index (χ1v) is 7.20. The lowest BCUT2D eigenvalue weighted by Gasteiger charge is -2.20. The first-order valence-electron chi connectivity index (χ1n) is 6.32. The highest BCUT2D eigenvalue weighted by Gasteiger charge is 2.35. The highest BCUT2D eigenvalue weighted by atomic mass is 32.1. The van der Waals surface area contributed by atoms with Crippen LogP contribution in [0.1, 0.15) is 29.1 Å². The van der Waals surface area contributed by atoms with Crippen LogP contribution >= 0.6 is 11.3 Å². The Morgan fingerprint density at radius 2 is 2.47 bits per heavy atom. The molecule has 0 unspecified atom stereocenters. The second-order valence-corrected chi connectivity index (χ2v) is 5.77. The monoisotopic (exact) mass is 280 g/mol. The smallest absolute Gasteiger partial charge is 0.244 e. The van der Waals surface area contributed by atoms with Crippen LogP contribution in [-0.2, 0) is 6.42 Å². The van der Waals surface area contributed by atoms with Crippen LogP contribution < -0.4 is 0 Å². The van der Waals surface area contributed by atoms with E-state index in [2.05, 4.69) is 20.0 Å². The fourth-order valence-corrected chi connectivity index (χ4v) is 3.04. The van der Waals surface area contributed by atoms with Crippen molar-refractivity contribution in [2.45, 2.75) is 31.9 Å². The molecular weight excluding hydrogens is 264 g/mol. The predicted octanol–water partition coefficient (Wildman–Crippen LogP) is 1.18. The molecule has 2 atom stereocenters. The number of hydrogen-bond donors (Lipinski definition) is 1. The molecule has 0 amide bonds. The van der Waals surface area contributed by atoms with Gasteiger partial charge in [0.05, 0.1) is 17.7 Å². The van der Waals surface area contributed by atoms with Crippen LogP contribution in [0, 0.1) is 6.92 Å². The van der Waals surface area contributed by atoms with E-state index < -0.39 is 0 Å². The minimum absolute atomic E-state index is 0.0316. The summed E-state index contributed by atoms with van der Waals surface area (Å²) < 4.78 is 5.24. The summed E-state index contributed by atoms with van der Waals surface area (Å²) in [4.78, 5) is 11.8. The number of aryl methyl sites for hydroxylation is 1. The normalized spacial score (nSPS) is 24.1. The van der Waals surface area contributed by atoms with E-state index >= 15 is 0 Å². The van der Waals surface area contributed by atoms with E-state index in [9.17, 15) is 5.11 Å². The largest absolute Gasteiger partial charge is 0.392 e. The summed E-state index contributed by atoms with van der Waals surface area (Å²) in [5.41, 5.74) is 1.84. The molecule has 1 aliphatic heterocycles. The van der Waals surface area contributed by atoms with Crippen molar-refractivity contribution >= 4 is 11.3 Å². The Balaban J connectivity index is 1.68. The van der Waals surface area contributed by atoms with E-state index in [0.717, 1.165) is 13.0 Å². The van der Waals surface area contributed by atoms with E-state index in [0.29, 0.717) is 24.7 Å². The summed E-state index contributed by atoms with van der Waals surface area (Å²) in [7, 11) is 0. The second kappa shape index (κ2) is 5.36. The van der Waals surface area contributed by atoms with Gasteiger partial charge in [0.15, 0.2) is 5.82 Å². The third-order valence-corrected chi connectivity index (χ3v) is 4.18. The lowest BCUT2D eigenvalue weighted by atomic mass is 10.2. The lowest BCUT2D eigenvalue weighted by molar-refractivity contribution is 0.173. The van der Waals surface area contributed by atoms with Crippen molar-refractivity contribution in [1.29, 1.82) is 0 Å². The first-order chi connectivity index (χ1) is 9.22. The van der Waals surface area contributed by atoms with Gasteiger partial charge >= 0.3 is 0 Å². The van der Waals surface area contributed by atoms with Crippen molar-refractivity contribution < 1.29 is 9.63 Å². The Morgan fingerprint density at radius 3 is 3.16 bits per heavy atom. The van der Waals surface area contributed by atoms with Gasteiger partial charge in [0.25, 0.3) is 0 Å². The molecule has 1 aliphatic rings. The molecule has 2 aromatic heterocycles. The van der Waals surface area contributed by atoms with E-state index in [4.69, 9.17) is 4.52 Å². The fraction of sp³-hybridized carbons (Fsp3) is 0.583. The summed E-state index contributed by atoms with van der Waals surface area (Å²) in [6, 6.07) is 0.0316. The van der Waals surface area contributed by atoms with E-state index in [1.54, 1.807) is 18.3 Å². The van der Waals surface area contributed by atoms with Gasteiger partial charge in [-0.15, -0.1) is 11.3 Å². The van der Waals surface area contributed by atoms with Gasteiger partial charge in [0, 0.05) is 24.2 Å². The Bertz CT molecular complexity index is 528. The Morgan fingerprint density at radius 1 is 1.58 bits per heavy atom. The molecule has 6 nitrogen and oxygen atoms in total. The molecule has 0 bridgehead atoms. The minimum Gasteiger partial charge on any atom is -0.392 e. The maximum Gasteiger partial charge on any atom is 0.244 e. The zero-order chi connectivity index (χ0) is 13.2. The number of β-amino-alcohol motifs (C(OH)–C–C–N with tert-alkyl or cyclic N) is 1. The zero-order valence-corrected chi connectivity index (χ0v) is 11.5. The molecule has 0 radical (unpaired) electrons. The molecule has 7 heteroatoms. The van der Waals surface area contributed by atoms with Gasteiger partial charge in [-0.25, -0.2) is 0 Å². The molecule has 0 aromatic carbocycles. The van der Waals surface area contributed by atoms with E-state index in [1.165, 1.54) is 4.88 Å². The van der Waals surface area contributed by atoms with Crippen LogP contribution in [0.25, 0.3) is 0 Å². The quantitative estimate of drug-likeness (QED) is 0.906. The molecule has 0 aliphatic carbocycles. The van der Waals surface area contributed by atoms with E-state index in [1.807, 2.05) is 11.7 Å². The molecule has 0 spiro atoms. The standard InChI is InChI=1S/C12H16N4O2S/c1-8-14-12(18-15-8)11-4-9(17)6-16(11)3-2-10-5-13-7-19-10/h5,7,9,11,17H,2-4,6H2,1H3/t9-,11-/m1/s1. The highest BCUT2D eigenvalue weighted by molar-refractivity contribution is 7.09. The summed E-state index contributed by atoms with van der Waals surface area (Å²) in [5, 5.41) is 13.7.